The minimum absolute atomic E-state index is 0. The number of carboxylic acids is 1. The van der Waals surface area contributed by atoms with Crippen molar-refractivity contribution in [1.82, 2.24) is 10.2 Å². The number of carbonyl (C=O) groups excluding carboxylic acids is 3. The fourth-order valence-electron chi connectivity index (χ4n) is 3.81. The second kappa shape index (κ2) is 9.29. The van der Waals surface area contributed by atoms with E-state index in [0.717, 1.165) is 6.42 Å². The normalized spacial score (nSPS) is 26.4. The summed E-state index contributed by atoms with van der Waals surface area (Å²) >= 11 is 1.38. The Morgan fingerprint density at radius 1 is 1.33 bits per heavy atom. The number of hydrogen-bond acceptors (Lipinski definition) is 8. The van der Waals surface area contributed by atoms with Gasteiger partial charge in [-0.1, -0.05) is 12.1 Å². The van der Waals surface area contributed by atoms with E-state index in [9.17, 15) is 24.6 Å². The summed E-state index contributed by atoms with van der Waals surface area (Å²) in [5, 5.41) is 23.2. The molecule has 2 saturated heterocycles. The zero-order chi connectivity index (χ0) is 20.7. The minimum atomic E-state index is -1.42. The maximum absolute atomic E-state index is 12.7. The van der Waals surface area contributed by atoms with Gasteiger partial charge in [-0.2, -0.15) is 0 Å². The summed E-state index contributed by atoms with van der Waals surface area (Å²) in [6.45, 7) is 0.560. The van der Waals surface area contributed by atoms with Crippen LogP contribution in [0.5, 0.6) is 5.75 Å². The number of aromatic hydroxyl groups is 1. The Balaban J connectivity index is 0.00000256. The average molecular weight is 441 g/mol. The van der Waals surface area contributed by atoms with Crippen molar-refractivity contribution in [3.8, 4) is 5.75 Å². The van der Waals surface area contributed by atoms with Crippen LogP contribution in [0.25, 0.3) is 0 Å². The van der Waals surface area contributed by atoms with Crippen LogP contribution in [0.2, 0.25) is 0 Å². The summed E-state index contributed by atoms with van der Waals surface area (Å²) in [5.41, 5.74) is 6.85. The molecule has 9 nitrogen and oxygen atoms in total. The molecule has 2 fully saturated rings. The summed E-state index contributed by atoms with van der Waals surface area (Å²) in [6.07, 6.45) is 1.23. The first-order valence-electron chi connectivity index (χ1n) is 9.24. The molecule has 3 aliphatic heterocycles. The van der Waals surface area contributed by atoms with Crippen molar-refractivity contribution in [3.05, 3.63) is 41.1 Å². The van der Waals surface area contributed by atoms with Gasteiger partial charge in [-0.3, -0.25) is 14.5 Å². The molecule has 0 bridgehead atoms. The Morgan fingerprint density at radius 3 is 2.63 bits per heavy atom. The second-order valence-corrected chi connectivity index (χ2v) is 8.23. The molecule has 0 unspecified atom stereocenters. The van der Waals surface area contributed by atoms with Crippen molar-refractivity contribution in [2.45, 2.75) is 36.4 Å². The number of aliphatic carboxylic acids is 1. The van der Waals surface area contributed by atoms with E-state index in [1.807, 2.05) is 0 Å². The zero-order valence-electron chi connectivity index (χ0n) is 16.4. The van der Waals surface area contributed by atoms with Crippen LogP contribution in [0.15, 0.2) is 35.5 Å². The molecule has 11 heteroatoms. The molecule has 1 aromatic carbocycles. The van der Waals surface area contributed by atoms with Crippen molar-refractivity contribution in [2.24, 2.45) is 5.73 Å². The number of carboxylic acid groups (broad SMARTS) is 1. The van der Waals surface area contributed by atoms with Crippen LogP contribution in [-0.4, -0.2) is 57.7 Å². The number of nitrogens with two attached hydrogens (primary N) is 1. The van der Waals surface area contributed by atoms with Gasteiger partial charge < -0.3 is 30.8 Å². The van der Waals surface area contributed by atoms with E-state index in [1.54, 1.807) is 0 Å². The van der Waals surface area contributed by atoms with Gasteiger partial charge in [0.05, 0.1) is 17.8 Å². The van der Waals surface area contributed by atoms with E-state index in [2.05, 4.69) is 5.32 Å². The fourth-order valence-corrected chi connectivity index (χ4v) is 5.22. The summed E-state index contributed by atoms with van der Waals surface area (Å²) in [6, 6.07) is 3.99. The fraction of sp³-hybridized carbons (Fsp3) is 0.421. The summed E-state index contributed by atoms with van der Waals surface area (Å²) in [4.78, 5) is 38.1. The Labute approximate surface area is 199 Å². The van der Waals surface area contributed by atoms with E-state index in [-0.39, 0.29) is 47.1 Å². The van der Waals surface area contributed by atoms with E-state index >= 15 is 0 Å². The molecule has 0 saturated carbocycles. The molecule has 30 heavy (non-hydrogen) atoms. The molecular formula is C19H20N3NaO6S. The number of phenolic OH excluding ortho intramolecular Hbond substituents is 1. The Bertz CT molecular complexity index is 887. The second-order valence-electron chi connectivity index (χ2n) is 7.13. The van der Waals surface area contributed by atoms with Crippen LogP contribution in [0.1, 0.15) is 24.4 Å². The van der Waals surface area contributed by atoms with Crippen LogP contribution in [0, 0.1) is 0 Å². The van der Waals surface area contributed by atoms with Crippen molar-refractivity contribution in [2.75, 3.05) is 12.4 Å². The number of phenols is 1. The van der Waals surface area contributed by atoms with Gasteiger partial charge in [0.2, 0.25) is 5.91 Å². The average Bonchev–Trinajstić information content (AvgIpc) is 3.25. The van der Waals surface area contributed by atoms with Crippen molar-refractivity contribution in [3.63, 3.8) is 0 Å². The number of thioether (sulfide) groups is 1. The van der Waals surface area contributed by atoms with Gasteiger partial charge in [0.1, 0.15) is 23.2 Å². The molecule has 154 valence electrons. The van der Waals surface area contributed by atoms with E-state index in [0.29, 0.717) is 29.9 Å². The third-order valence-electron chi connectivity index (χ3n) is 5.34. The smallest absolute Gasteiger partial charge is 0.543 e. The van der Waals surface area contributed by atoms with Gasteiger partial charge in [0, 0.05) is 12.4 Å². The molecule has 0 radical (unpaired) electrons. The van der Waals surface area contributed by atoms with Gasteiger partial charge in [0.15, 0.2) is 0 Å². The van der Waals surface area contributed by atoms with Crippen LogP contribution >= 0.6 is 11.8 Å². The summed E-state index contributed by atoms with van der Waals surface area (Å²) in [5.74, 6) is -2.05. The molecule has 0 aliphatic carbocycles. The number of amides is 2. The van der Waals surface area contributed by atoms with Gasteiger partial charge in [-0.15, -0.1) is 11.8 Å². The first kappa shape index (κ1) is 23.1. The predicted molar refractivity (Wildman–Crippen MR) is 101 cm³/mol. The van der Waals surface area contributed by atoms with Crippen molar-refractivity contribution < 1.29 is 58.9 Å². The number of rotatable bonds is 5. The maximum Gasteiger partial charge on any atom is 1.00 e. The monoisotopic (exact) mass is 441 g/mol. The van der Waals surface area contributed by atoms with Crippen molar-refractivity contribution >= 4 is 29.5 Å². The number of ether oxygens (including phenoxy) is 1. The van der Waals surface area contributed by atoms with E-state index in [4.69, 9.17) is 10.5 Å². The standard InChI is InChI=1S/C19H21N3O6S.Na/c20-13(9-3-5-10(23)6-4-9)16(24)21-14-17(25)22-15(19(26)27)11(8-29-18(14)22)12-2-1-7-28-12;/h3-6,12-14,18,23H,1-2,7-8,20H2,(H,21,24)(H,26,27);/q;+1/p-1/t12-,13+,14+,18+;/m0./s1. The predicted octanol–water partition coefficient (Wildman–Crippen LogP) is -4.02. The third-order valence-corrected chi connectivity index (χ3v) is 6.64. The Hall–Kier alpha value is -1.56. The molecule has 0 aromatic heterocycles. The largest absolute Gasteiger partial charge is 1.00 e. The van der Waals surface area contributed by atoms with Gasteiger partial charge in [-0.25, -0.2) is 0 Å². The first-order chi connectivity index (χ1) is 13.9. The minimum Gasteiger partial charge on any atom is -0.543 e. The SMILES string of the molecule is N[C@@H](C(=O)N[C@@H]1C(=O)N2C(C(=O)[O-])=C([C@@H]3CCCO3)CS[C@H]12)c1ccc(O)cc1.[Na+]. The maximum atomic E-state index is 12.7. The number of nitrogens with zero attached hydrogens (tertiary/aromatic N) is 1. The molecule has 4 atom stereocenters. The Morgan fingerprint density at radius 2 is 2.03 bits per heavy atom. The molecule has 0 spiro atoms. The molecule has 3 aliphatic rings. The topological polar surface area (TPSA) is 145 Å². The Kier molecular flexibility index (Phi) is 7.16. The molecular weight excluding hydrogens is 421 g/mol. The van der Waals surface area contributed by atoms with E-state index in [1.165, 1.54) is 40.9 Å². The molecule has 4 N–H and O–H groups in total. The van der Waals surface area contributed by atoms with E-state index < -0.39 is 35.2 Å². The number of carbonyl (C=O) groups is 3. The quantitative estimate of drug-likeness (QED) is 0.310. The third kappa shape index (κ3) is 4.12. The van der Waals surface area contributed by atoms with Crippen LogP contribution < -0.4 is 45.7 Å². The zero-order valence-corrected chi connectivity index (χ0v) is 19.2. The number of benzene rings is 1. The van der Waals surface area contributed by atoms with Crippen molar-refractivity contribution in [1.29, 1.82) is 0 Å². The number of nitrogens with one attached hydrogen (secondary N) is 1. The van der Waals surface area contributed by atoms with Crippen LogP contribution in [-0.2, 0) is 19.1 Å². The van der Waals surface area contributed by atoms with Gasteiger partial charge in [0.25, 0.3) is 5.91 Å². The van der Waals surface area contributed by atoms with Crippen LogP contribution in [0.4, 0.5) is 0 Å². The molecule has 3 heterocycles. The van der Waals surface area contributed by atoms with Crippen LogP contribution in [0.3, 0.4) is 0 Å². The summed E-state index contributed by atoms with van der Waals surface area (Å²) in [7, 11) is 0. The number of β-lactam (4-membered cyclic amide) rings is 1. The number of fused-ring (bicyclic) bond motifs is 1. The molecule has 1 aromatic rings. The van der Waals surface area contributed by atoms with Gasteiger partial charge in [-0.05, 0) is 36.1 Å². The number of hydrogen-bond donors (Lipinski definition) is 3. The molecule has 2 amide bonds. The van der Waals surface area contributed by atoms with Gasteiger partial charge >= 0.3 is 29.6 Å². The summed E-state index contributed by atoms with van der Waals surface area (Å²) < 4.78 is 5.59. The molecule has 4 rings (SSSR count). The first-order valence-corrected chi connectivity index (χ1v) is 10.3.